The van der Waals surface area contributed by atoms with Crippen LogP contribution in [-0.4, -0.2) is 120 Å². The van der Waals surface area contributed by atoms with E-state index in [1.165, 1.54) is 14.2 Å². The van der Waals surface area contributed by atoms with Crippen LogP contribution in [0.3, 0.4) is 0 Å². The van der Waals surface area contributed by atoms with Crippen LogP contribution in [0.2, 0.25) is 10.3 Å². The van der Waals surface area contributed by atoms with Crippen molar-refractivity contribution in [1.82, 2.24) is 40.4 Å². The van der Waals surface area contributed by atoms with Gasteiger partial charge >= 0.3 is 12.2 Å². The van der Waals surface area contributed by atoms with Crippen molar-refractivity contribution >= 4 is 47.2 Å². The van der Waals surface area contributed by atoms with E-state index in [9.17, 15) is 19.2 Å². The molecule has 2 aromatic heterocycles. The molecule has 4 amide bonds. The van der Waals surface area contributed by atoms with Crippen molar-refractivity contribution in [3.05, 3.63) is 70.5 Å². The van der Waals surface area contributed by atoms with Crippen molar-refractivity contribution in [1.29, 1.82) is 0 Å². The number of alkyl carbamates (subject to hydrolysis) is 2. The number of imidazole rings is 2. The molecule has 16 nitrogen and oxygen atoms in total. The molecule has 4 N–H and O–H groups in total. The Morgan fingerprint density at radius 1 is 0.603 bits per heavy atom. The monoisotopic (exact) mass is 904 g/mol. The van der Waals surface area contributed by atoms with E-state index in [1.54, 1.807) is 4.90 Å². The van der Waals surface area contributed by atoms with Crippen LogP contribution in [0.15, 0.2) is 48.5 Å². The van der Waals surface area contributed by atoms with Crippen molar-refractivity contribution < 1.29 is 38.1 Å². The van der Waals surface area contributed by atoms with Crippen molar-refractivity contribution in [2.75, 3.05) is 53.7 Å². The highest BCUT2D eigenvalue weighted by Crippen LogP contribution is 2.38. The van der Waals surface area contributed by atoms with Crippen LogP contribution in [0.5, 0.6) is 0 Å². The topological polar surface area (TPSA) is 193 Å². The summed E-state index contributed by atoms with van der Waals surface area (Å²) in [6.45, 7) is 3.22. The number of aromatic amines is 2. The number of amides is 4. The molecule has 4 aliphatic heterocycles. The molecule has 4 aliphatic rings. The second-order valence-corrected chi connectivity index (χ2v) is 17.3. The lowest BCUT2D eigenvalue weighted by molar-refractivity contribution is -0.140. The third kappa shape index (κ3) is 9.83. The zero-order valence-electron chi connectivity index (χ0n) is 35.5. The first kappa shape index (κ1) is 44.4. The molecule has 63 heavy (non-hydrogen) atoms. The van der Waals surface area contributed by atoms with Crippen LogP contribution in [0.4, 0.5) is 9.59 Å². The Balaban J connectivity index is 0.951. The number of rotatable bonds is 11. The Morgan fingerprint density at radius 2 is 0.984 bits per heavy atom. The number of piperidine rings is 1. The molecule has 2 aromatic carbocycles. The lowest BCUT2D eigenvalue weighted by Gasteiger charge is -2.39. The van der Waals surface area contributed by atoms with Crippen LogP contribution in [0, 0.1) is 11.8 Å². The normalized spacial score (nSPS) is 20.8. The molecule has 18 heteroatoms. The van der Waals surface area contributed by atoms with E-state index in [-0.39, 0.29) is 35.7 Å². The second-order valence-electron chi connectivity index (χ2n) is 16.6. The highest BCUT2D eigenvalue weighted by Gasteiger charge is 2.41. The summed E-state index contributed by atoms with van der Waals surface area (Å²) in [7, 11) is 2.59. The highest BCUT2D eigenvalue weighted by molar-refractivity contribution is 6.32. The quantitative estimate of drug-likeness (QED) is 0.117. The third-order valence-electron chi connectivity index (χ3n) is 12.9. The maximum absolute atomic E-state index is 14.2. The third-order valence-corrected chi connectivity index (χ3v) is 13.5. The lowest BCUT2D eigenvalue weighted by atomic mass is 9.89. The number of nitrogens with one attached hydrogen (secondary N) is 4. The molecule has 336 valence electrons. The van der Waals surface area contributed by atoms with Gasteiger partial charge in [-0.1, -0.05) is 71.7 Å². The van der Waals surface area contributed by atoms with Gasteiger partial charge < -0.3 is 49.3 Å². The van der Waals surface area contributed by atoms with Gasteiger partial charge in [-0.3, -0.25) is 9.59 Å². The second kappa shape index (κ2) is 20.1. The molecule has 0 spiro atoms. The zero-order chi connectivity index (χ0) is 44.0. The average Bonchev–Trinajstić information content (AvgIpc) is 4.08. The molecule has 0 bridgehead atoms. The van der Waals surface area contributed by atoms with Crippen LogP contribution < -0.4 is 10.6 Å². The van der Waals surface area contributed by atoms with Gasteiger partial charge in [0.15, 0.2) is 10.3 Å². The molecule has 4 aromatic rings. The number of aromatic nitrogens is 4. The van der Waals surface area contributed by atoms with Gasteiger partial charge in [-0.2, -0.15) is 0 Å². The van der Waals surface area contributed by atoms with Crippen molar-refractivity contribution in [2.45, 2.75) is 82.0 Å². The van der Waals surface area contributed by atoms with Crippen LogP contribution >= 0.6 is 23.2 Å². The molecule has 4 atom stereocenters. The number of hydrogen-bond acceptors (Lipinski definition) is 10. The van der Waals surface area contributed by atoms with E-state index in [1.807, 2.05) is 53.4 Å². The standard InChI is InChI=1S/C45H54Cl2N8O8/c1-60-44(58)50-36(30-16-22-62-23-17-30)42(56)54-20-4-3-6-32(54)40-48-34(38(46)52-40)28-12-8-26(9-13-28)27-10-14-29(15-11-27)35-39(47)53-41(49-35)33-7-5-21-55(33)43(57)37(51-45(59)61-2)31-18-24-63-25-19-31/h8-15,30-33,36-37H,3-7,16-25H2,1-2H3,(H,48,52)(H,49,53)(H,50,58)(H,51,59)/t32-,33-,36-,37-/m0/s1. The van der Waals surface area contributed by atoms with Crippen molar-refractivity contribution in [2.24, 2.45) is 11.8 Å². The molecule has 6 heterocycles. The zero-order valence-corrected chi connectivity index (χ0v) is 37.0. The van der Waals surface area contributed by atoms with Gasteiger partial charge in [-0.05, 0) is 80.8 Å². The molecule has 0 aliphatic carbocycles. The number of carbonyl (C=O) groups is 4. The fraction of sp³-hybridized carbons (Fsp3) is 0.511. The molecule has 4 fully saturated rings. The summed E-state index contributed by atoms with van der Waals surface area (Å²) in [5, 5.41) is 6.23. The molecular weight excluding hydrogens is 851 g/mol. The van der Waals surface area contributed by atoms with Gasteiger partial charge in [0, 0.05) is 50.6 Å². The van der Waals surface area contributed by atoms with Crippen LogP contribution in [0.1, 0.15) is 81.5 Å². The van der Waals surface area contributed by atoms with E-state index >= 15 is 0 Å². The largest absolute Gasteiger partial charge is 0.453 e. The van der Waals surface area contributed by atoms with Crippen LogP contribution in [-0.2, 0) is 28.5 Å². The minimum atomic E-state index is -0.734. The molecule has 8 rings (SSSR count). The Bertz CT molecular complexity index is 2240. The average molecular weight is 906 g/mol. The Kier molecular flexibility index (Phi) is 14.2. The Hall–Kier alpha value is -5.16. The fourth-order valence-electron chi connectivity index (χ4n) is 9.48. The van der Waals surface area contributed by atoms with Gasteiger partial charge in [0.1, 0.15) is 23.7 Å². The van der Waals surface area contributed by atoms with Gasteiger partial charge in [0.2, 0.25) is 11.8 Å². The Labute approximate surface area is 376 Å². The van der Waals surface area contributed by atoms with Crippen molar-refractivity contribution in [3.63, 3.8) is 0 Å². The summed E-state index contributed by atoms with van der Waals surface area (Å²) in [4.78, 5) is 72.7. The summed E-state index contributed by atoms with van der Waals surface area (Å²) in [5.74, 6) is 0.752. The van der Waals surface area contributed by atoms with Crippen LogP contribution in [0.25, 0.3) is 33.6 Å². The smallest absolute Gasteiger partial charge is 0.407 e. The number of hydrogen-bond donors (Lipinski definition) is 4. The maximum atomic E-state index is 14.2. The predicted molar refractivity (Wildman–Crippen MR) is 235 cm³/mol. The summed E-state index contributed by atoms with van der Waals surface area (Å²) >= 11 is 13.5. The van der Waals surface area contributed by atoms with Gasteiger partial charge in [0.25, 0.3) is 0 Å². The first-order valence-corrected chi connectivity index (χ1v) is 22.6. The summed E-state index contributed by atoms with van der Waals surface area (Å²) < 4.78 is 20.8. The maximum Gasteiger partial charge on any atom is 0.407 e. The summed E-state index contributed by atoms with van der Waals surface area (Å²) in [6, 6.07) is 13.9. The fourth-order valence-corrected chi connectivity index (χ4v) is 9.97. The number of nitrogens with zero attached hydrogens (tertiary/aromatic N) is 4. The minimum absolute atomic E-state index is 0.0645. The first-order valence-electron chi connectivity index (χ1n) is 21.8. The molecular formula is C45H54Cl2N8O8. The molecule has 0 radical (unpaired) electrons. The predicted octanol–water partition coefficient (Wildman–Crippen LogP) is 7.46. The van der Waals surface area contributed by atoms with Gasteiger partial charge in [-0.15, -0.1) is 0 Å². The number of ether oxygens (including phenoxy) is 4. The molecule has 0 unspecified atom stereocenters. The number of carbonyl (C=O) groups excluding carboxylic acids is 4. The first-order chi connectivity index (χ1) is 30.6. The number of halogens is 2. The molecule has 0 saturated carbocycles. The number of methoxy groups -OCH3 is 2. The molecule has 4 saturated heterocycles. The SMILES string of the molecule is COC(=O)N[C@H](C(=O)N1CCCC[C@H]1c1nc(Cl)c(-c2ccc(-c3ccc(-c4[nH]c([C@@H]5CCCN5C(=O)[C@@H](NC(=O)OC)C5CCOCC5)nc4Cl)cc3)cc2)[nH]1)C1CCOCC1. The van der Waals surface area contributed by atoms with E-state index in [0.29, 0.717) is 111 Å². The van der Waals surface area contributed by atoms with E-state index in [2.05, 4.69) is 25.6 Å². The number of H-pyrrole nitrogens is 2. The highest BCUT2D eigenvalue weighted by atomic mass is 35.5. The minimum Gasteiger partial charge on any atom is -0.453 e. The van der Waals surface area contributed by atoms with Gasteiger partial charge in [0.05, 0.1) is 37.7 Å². The summed E-state index contributed by atoms with van der Waals surface area (Å²) in [5.41, 5.74) is 4.97. The van der Waals surface area contributed by atoms with Crippen molar-refractivity contribution in [3.8, 4) is 33.6 Å². The van der Waals surface area contributed by atoms with Gasteiger partial charge in [-0.25, -0.2) is 19.6 Å². The van der Waals surface area contributed by atoms with E-state index < -0.39 is 24.3 Å². The number of benzene rings is 2. The Morgan fingerprint density at radius 3 is 1.40 bits per heavy atom. The lowest BCUT2D eigenvalue weighted by Crippen LogP contribution is -2.55. The summed E-state index contributed by atoms with van der Waals surface area (Å²) in [6.07, 6.45) is 5.36. The van der Waals surface area contributed by atoms with E-state index in [0.717, 1.165) is 41.5 Å². The number of likely N-dealkylation sites (tertiary alicyclic amines) is 2. The van der Waals surface area contributed by atoms with E-state index in [4.69, 9.17) is 47.1 Å².